The summed E-state index contributed by atoms with van der Waals surface area (Å²) in [6, 6.07) is 15.1. The van der Waals surface area contributed by atoms with Crippen molar-refractivity contribution in [3.63, 3.8) is 0 Å². The maximum absolute atomic E-state index is 8.59. The number of hydrogen-bond acceptors (Lipinski definition) is 2. The van der Waals surface area contributed by atoms with Crippen LogP contribution in [0.3, 0.4) is 0 Å². The summed E-state index contributed by atoms with van der Waals surface area (Å²) >= 11 is 0. The molecule has 0 amide bonds. The van der Waals surface area contributed by atoms with Crippen molar-refractivity contribution in [1.82, 2.24) is 4.98 Å². The molecule has 4 aromatic rings. The zero-order valence-electron chi connectivity index (χ0n) is 16.1. The molecule has 0 bridgehead atoms. The molecule has 0 unspecified atom stereocenters. The Morgan fingerprint density at radius 2 is 1.92 bits per heavy atom. The van der Waals surface area contributed by atoms with Gasteiger partial charge in [0.05, 0.1) is 12.3 Å². The smallest absolute Gasteiger partial charge is 0.194 e. The Balaban J connectivity index is 2.13. The highest BCUT2D eigenvalue weighted by Crippen LogP contribution is 2.39. The molecular weight excluding hydrogens is 308 g/mol. The molecule has 0 fully saturated rings. The molecule has 0 N–H and O–H groups in total. The van der Waals surface area contributed by atoms with Crippen molar-refractivity contribution < 1.29 is 7.16 Å². The number of aromatic nitrogens is 1. The third-order valence-electron chi connectivity index (χ3n) is 4.14. The first-order valence-corrected chi connectivity index (χ1v) is 8.22. The van der Waals surface area contributed by atoms with E-state index in [2.05, 4.69) is 9.83 Å². The largest absolute Gasteiger partial charge is 0.456 e. The summed E-state index contributed by atoms with van der Waals surface area (Å²) in [5.74, 6) is -0.299. The minimum Gasteiger partial charge on any atom is -0.456 e. The lowest BCUT2D eigenvalue weighted by atomic mass is 9.98. The van der Waals surface area contributed by atoms with Gasteiger partial charge >= 0.3 is 0 Å². The Kier molecular flexibility index (Phi) is 3.20. The number of benzene rings is 2. The quantitative estimate of drug-likeness (QED) is 0.407. The number of para-hydroxylation sites is 1. The van der Waals surface area contributed by atoms with Crippen molar-refractivity contribution in [2.24, 2.45) is 5.92 Å². The van der Waals surface area contributed by atoms with Crippen LogP contribution in [-0.4, -0.2) is 4.98 Å². The Morgan fingerprint density at radius 3 is 2.64 bits per heavy atom. The third-order valence-corrected chi connectivity index (χ3v) is 4.14. The average molecular weight is 328 g/mol. The van der Waals surface area contributed by atoms with E-state index in [1.54, 1.807) is 12.3 Å². The van der Waals surface area contributed by atoms with E-state index >= 15 is 0 Å². The third kappa shape index (κ3) is 2.56. The second kappa shape index (κ2) is 6.07. The Labute approximate surface area is 149 Å². The van der Waals surface area contributed by atoms with Crippen LogP contribution in [0, 0.1) is 12.5 Å². The molecule has 0 spiro atoms. The first-order chi connectivity index (χ1) is 12.9. The summed E-state index contributed by atoms with van der Waals surface area (Å²) in [4.78, 5) is 7.98. The maximum Gasteiger partial charge on any atom is 0.194 e. The van der Waals surface area contributed by atoms with Crippen molar-refractivity contribution in [2.45, 2.75) is 20.2 Å². The molecule has 0 aliphatic heterocycles. The second-order valence-electron chi connectivity index (χ2n) is 6.25. The van der Waals surface area contributed by atoms with Crippen LogP contribution in [0.5, 0.6) is 0 Å². The van der Waals surface area contributed by atoms with Gasteiger partial charge in [0.2, 0.25) is 0 Å². The first kappa shape index (κ1) is 13.2. The summed E-state index contributed by atoms with van der Waals surface area (Å²) in [7, 11) is 0. The molecule has 0 aliphatic rings. The van der Waals surface area contributed by atoms with Gasteiger partial charge in [-0.05, 0) is 30.5 Å². The van der Waals surface area contributed by atoms with Crippen LogP contribution in [0.25, 0.3) is 38.0 Å². The van der Waals surface area contributed by atoms with Crippen molar-refractivity contribution in [1.29, 1.82) is 0 Å². The lowest BCUT2D eigenvalue weighted by molar-refractivity contribution is 0.625. The van der Waals surface area contributed by atoms with Gasteiger partial charge < -0.3 is 4.42 Å². The molecule has 3 nitrogen and oxygen atoms in total. The minimum atomic E-state index is -1.68. The first-order valence-electron chi connectivity index (χ1n) is 9.22. The maximum atomic E-state index is 8.59. The predicted molar refractivity (Wildman–Crippen MR) is 102 cm³/mol. The average Bonchev–Trinajstić information content (AvgIpc) is 3.06. The molecule has 2 heterocycles. The number of pyridine rings is 1. The number of fused-ring (bicyclic) bond motifs is 3. The van der Waals surface area contributed by atoms with Crippen LogP contribution < -0.4 is 0 Å². The fourth-order valence-electron chi connectivity index (χ4n) is 3.10. The molecule has 0 aliphatic carbocycles. The van der Waals surface area contributed by atoms with Crippen LogP contribution in [0.1, 0.15) is 22.2 Å². The van der Waals surface area contributed by atoms with Crippen molar-refractivity contribution in [3.8, 4) is 11.3 Å². The van der Waals surface area contributed by atoms with Crippen molar-refractivity contribution in [2.75, 3.05) is 0 Å². The van der Waals surface area contributed by atoms with E-state index in [0.29, 0.717) is 22.4 Å². The number of furan rings is 1. The summed E-state index contributed by atoms with van der Waals surface area (Å²) in [6.45, 7) is 11.1. The Morgan fingerprint density at radius 1 is 1.08 bits per heavy atom. The number of hydrogen-bond donors (Lipinski definition) is 0. The summed E-state index contributed by atoms with van der Waals surface area (Å²) < 4.78 is 23.4. The van der Waals surface area contributed by atoms with E-state index in [1.807, 2.05) is 56.3 Å². The molecule has 3 heteroatoms. The van der Waals surface area contributed by atoms with E-state index in [4.69, 9.17) is 13.7 Å². The van der Waals surface area contributed by atoms with Crippen LogP contribution >= 0.6 is 0 Å². The normalized spacial score (nSPS) is 13.0. The molecule has 0 saturated heterocycles. The molecular formula is C22H18N2O. The molecule has 2 aromatic carbocycles. The van der Waals surface area contributed by atoms with Gasteiger partial charge in [-0.1, -0.05) is 44.2 Å². The SMILES string of the molecule is [2H]C([2H])(c1c([N+]#[C-])ccc2c1oc1c(-c3ccccn3)cccc12)C(C)C. The van der Waals surface area contributed by atoms with E-state index in [9.17, 15) is 0 Å². The highest BCUT2D eigenvalue weighted by molar-refractivity contribution is 6.11. The fourth-order valence-corrected chi connectivity index (χ4v) is 3.10. The Bertz CT molecular complexity index is 1190. The van der Waals surface area contributed by atoms with Gasteiger partial charge in [-0.3, -0.25) is 4.98 Å². The van der Waals surface area contributed by atoms with Crippen molar-refractivity contribution >= 4 is 27.6 Å². The van der Waals surface area contributed by atoms with Gasteiger partial charge in [-0.2, -0.15) is 0 Å². The number of nitrogens with zero attached hydrogens (tertiary/aromatic N) is 2. The highest BCUT2D eigenvalue weighted by atomic mass is 16.3. The lowest BCUT2D eigenvalue weighted by Gasteiger charge is -2.07. The molecule has 25 heavy (non-hydrogen) atoms. The summed E-state index contributed by atoms with van der Waals surface area (Å²) in [6.07, 6.45) is 0.0507. The van der Waals surface area contributed by atoms with Gasteiger partial charge in [0, 0.05) is 30.8 Å². The van der Waals surface area contributed by atoms with Crippen LogP contribution in [0.4, 0.5) is 5.69 Å². The van der Waals surface area contributed by atoms with Crippen LogP contribution in [0.15, 0.2) is 59.1 Å². The molecule has 122 valence electrons. The molecule has 2 aromatic heterocycles. The second-order valence-corrected chi connectivity index (χ2v) is 6.25. The molecule has 4 rings (SSSR count). The number of rotatable bonds is 3. The Hall–Kier alpha value is -3.12. The van der Waals surface area contributed by atoms with E-state index < -0.39 is 6.37 Å². The van der Waals surface area contributed by atoms with E-state index in [0.717, 1.165) is 22.0 Å². The van der Waals surface area contributed by atoms with E-state index in [-0.39, 0.29) is 5.92 Å². The zero-order valence-corrected chi connectivity index (χ0v) is 14.1. The lowest BCUT2D eigenvalue weighted by Crippen LogP contribution is -1.94. The highest BCUT2D eigenvalue weighted by Gasteiger charge is 2.18. The summed E-state index contributed by atoms with van der Waals surface area (Å²) in [5, 5.41) is 1.71. The molecule has 0 atom stereocenters. The van der Waals surface area contributed by atoms with Gasteiger partial charge in [0.25, 0.3) is 0 Å². The standard InChI is InChI=1S/C22H18N2O/c1-14(2)13-18-19(23-3)11-10-16-15-7-6-8-17(21(15)25-22(16)18)20-9-4-5-12-24-20/h4-12,14H,13H2,1-2H3/i13D2. The molecule has 0 saturated carbocycles. The minimum absolute atomic E-state index is 0.291. The van der Waals surface area contributed by atoms with Gasteiger partial charge in [-0.15, -0.1) is 0 Å². The predicted octanol–water partition coefficient (Wildman–Crippen LogP) is 6.40. The van der Waals surface area contributed by atoms with Gasteiger partial charge in [-0.25, -0.2) is 4.85 Å². The monoisotopic (exact) mass is 328 g/mol. The van der Waals surface area contributed by atoms with Crippen molar-refractivity contribution in [3.05, 3.63) is 71.7 Å². The summed E-state index contributed by atoms with van der Waals surface area (Å²) in [5.41, 5.74) is 3.37. The van der Waals surface area contributed by atoms with E-state index in [1.165, 1.54) is 0 Å². The van der Waals surface area contributed by atoms with Crippen LogP contribution in [-0.2, 0) is 6.37 Å². The van der Waals surface area contributed by atoms with Crippen LogP contribution in [0.2, 0.25) is 0 Å². The zero-order chi connectivity index (χ0) is 19.2. The topological polar surface area (TPSA) is 30.4 Å². The fraction of sp³-hybridized carbons (Fsp3) is 0.182. The molecule has 0 radical (unpaired) electrons. The van der Waals surface area contributed by atoms with Gasteiger partial charge in [0.15, 0.2) is 5.69 Å². The van der Waals surface area contributed by atoms with Gasteiger partial charge in [0.1, 0.15) is 11.2 Å².